The molecule has 1 aliphatic rings. The number of carbonyl (C=O) groups is 1. The highest BCUT2D eigenvalue weighted by atomic mass is 16.6. The van der Waals surface area contributed by atoms with Gasteiger partial charge in [-0.1, -0.05) is 12.1 Å². The Labute approximate surface area is 126 Å². The molecule has 1 saturated carbocycles. The van der Waals surface area contributed by atoms with Gasteiger partial charge in [-0.3, -0.25) is 5.32 Å². The lowest BCUT2D eigenvalue weighted by molar-refractivity contribution is 0.0636. The first kappa shape index (κ1) is 15.8. The molecule has 0 unspecified atom stereocenters. The number of aliphatic hydroxyl groups excluding tert-OH is 1. The van der Waals surface area contributed by atoms with Gasteiger partial charge in [-0.15, -0.1) is 0 Å². The van der Waals surface area contributed by atoms with Crippen LogP contribution in [0.2, 0.25) is 0 Å². The molecule has 116 valence electrons. The summed E-state index contributed by atoms with van der Waals surface area (Å²) >= 11 is 0. The molecule has 2 N–H and O–H groups in total. The number of aryl methyl sites for hydroxylation is 1. The van der Waals surface area contributed by atoms with Gasteiger partial charge in [0.2, 0.25) is 0 Å². The van der Waals surface area contributed by atoms with E-state index < -0.39 is 11.7 Å². The van der Waals surface area contributed by atoms with Crippen LogP contribution in [0.5, 0.6) is 0 Å². The van der Waals surface area contributed by atoms with Crippen LogP contribution in [-0.4, -0.2) is 23.4 Å². The molecule has 1 fully saturated rings. The number of ether oxygens (including phenoxy) is 1. The largest absolute Gasteiger partial charge is 0.444 e. The summed E-state index contributed by atoms with van der Waals surface area (Å²) in [4.78, 5) is 11.9. The van der Waals surface area contributed by atoms with E-state index in [1.165, 1.54) is 0 Å². The highest BCUT2D eigenvalue weighted by molar-refractivity contribution is 5.86. The molecular formula is C17H25NO3. The van der Waals surface area contributed by atoms with Crippen molar-refractivity contribution in [2.75, 3.05) is 11.9 Å². The number of anilines is 1. The third kappa shape index (κ3) is 4.46. The van der Waals surface area contributed by atoms with Crippen molar-refractivity contribution in [1.29, 1.82) is 0 Å². The summed E-state index contributed by atoms with van der Waals surface area (Å²) in [5, 5.41) is 12.2. The highest BCUT2D eigenvalue weighted by Crippen LogP contribution is 2.48. The molecule has 1 aromatic carbocycles. The zero-order valence-corrected chi connectivity index (χ0v) is 13.3. The minimum atomic E-state index is -0.509. The van der Waals surface area contributed by atoms with Crippen molar-refractivity contribution in [3.05, 3.63) is 29.3 Å². The fraction of sp³-hybridized carbons (Fsp3) is 0.588. The minimum Gasteiger partial charge on any atom is -0.444 e. The van der Waals surface area contributed by atoms with Gasteiger partial charge in [0.15, 0.2) is 0 Å². The van der Waals surface area contributed by atoms with Gasteiger partial charge < -0.3 is 9.84 Å². The molecule has 2 rings (SSSR count). The number of aliphatic hydroxyl groups is 1. The Bertz CT molecular complexity index is 527. The Kier molecular flexibility index (Phi) is 4.28. The standard InChI is InChI=1S/C17H25NO3/c1-12-5-6-13(10-17(11-19)7-8-17)9-14(12)18-15(20)21-16(2,3)4/h5-6,9,19H,7-8,10-11H2,1-4H3,(H,18,20). The van der Waals surface area contributed by atoms with E-state index >= 15 is 0 Å². The summed E-state index contributed by atoms with van der Waals surface area (Å²) < 4.78 is 5.28. The summed E-state index contributed by atoms with van der Waals surface area (Å²) in [7, 11) is 0. The molecule has 0 spiro atoms. The topological polar surface area (TPSA) is 58.6 Å². The smallest absolute Gasteiger partial charge is 0.412 e. The quantitative estimate of drug-likeness (QED) is 0.890. The third-order valence-corrected chi connectivity index (χ3v) is 3.81. The van der Waals surface area contributed by atoms with Crippen LogP contribution in [-0.2, 0) is 11.2 Å². The van der Waals surface area contributed by atoms with Crippen LogP contribution in [0.25, 0.3) is 0 Å². The lowest BCUT2D eigenvalue weighted by atomic mass is 9.96. The molecular weight excluding hydrogens is 266 g/mol. The molecule has 0 bridgehead atoms. The van der Waals surface area contributed by atoms with Gasteiger partial charge in [0, 0.05) is 12.3 Å². The highest BCUT2D eigenvalue weighted by Gasteiger charge is 2.41. The van der Waals surface area contributed by atoms with Crippen LogP contribution in [0.15, 0.2) is 18.2 Å². The van der Waals surface area contributed by atoms with E-state index in [4.69, 9.17) is 4.74 Å². The van der Waals surface area contributed by atoms with Crippen LogP contribution in [0, 0.1) is 12.3 Å². The fourth-order valence-corrected chi connectivity index (χ4v) is 2.33. The average molecular weight is 291 g/mol. The summed E-state index contributed by atoms with van der Waals surface area (Å²) in [5.74, 6) is 0. The van der Waals surface area contributed by atoms with Gasteiger partial charge in [-0.2, -0.15) is 0 Å². The Balaban J connectivity index is 2.07. The minimum absolute atomic E-state index is 0.0679. The van der Waals surface area contributed by atoms with Crippen molar-refractivity contribution >= 4 is 11.8 Å². The Morgan fingerprint density at radius 1 is 1.38 bits per heavy atom. The predicted molar refractivity (Wildman–Crippen MR) is 83.5 cm³/mol. The van der Waals surface area contributed by atoms with Crippen molar-refractivity contribution in [1.82, 2.24) is 0 Å². The Morgan fingerprint density at radius 3 is 2.57 bits per heavy atom. The number of hydrogen-bond donors (Lipinski definition) is 2. The molecule has 1 amide bonds. The molecule has 0 heterocycles. The maximum absolute atomic E-state index is 11.9. The van der Waals surface area contributed by atoms with Crippen molar-refractivity contribution < 1.29 is 14.6 Å². The Hall–Kier alpha value is -1.55. The number of benzene rings is 1. The maximum atomic E-state index is 11.9. The molecule has 1 aliphatic carbocycles. The molecule has 0 radical (unpaired) electrons. The van der Waals surface area contributed by atoms with E-state index in [0.29, 0.717) is 0 Å². The summed E-state index contributed by atoms with van der Waals surface area (Å²) in [6.45, 7) is 7.71. The average Bonchev–Trinajstić information content (AvgIpc) is 3.11. The van der Waals surface area contributed by atoms with Gasteiger partial charge in [0.1, 0.15) is 5.60 Å². The number of rotatable bonds is 4. The monoisotopic (exact) mass is 291 g/mol. The van der Waals surface area contributed by atoms with Crippen molar-refractivity contribution in [3.63, 3.8) is 0 Å². The SMILES string of the molecule is Cc1ccc(CC2(CO)CC2)cc1NC(=O)OC(C)(C)C. The lowest BCUT2D eigenvalue weighted by Crippen LogP contribution is -2.27. The van der Waals surface area contributed by atoms with Crippen LogP contribution in [0.3, 0.4) is 0 Å². The molecule has 0 aromatic heterocycles. The molecule has 1 aromatic rings. The molecule has 4 nitrogen and oxygen atoms in total. The first-order valence-corrected chi connectivity index (χ1v) is 7.43. The first-order chi connectivity index (χ1) is 9.73. The number of amides is 1. The molecule has 0 aliphatic heterocycles. The summed E-state index contributed by atoms with van der Waals surface area (Å²) in [5.41, 5.74) is 2.47. The first-order valence-electron chi connectivity index (χ1n) is 7.43. The second-order valence-electron chi connectivity index (χ2n) is 7.11. The van der Waals surface area contributed by atoms with Crippen molar-refractivity contribution in [3.8, 4) is 0 Å². The molecule has 21 heavy (non-hydrogen) atoms. The van der Waals surface area contributed by atoms with E-state index in [-0.39, 0.29) is 12.0 Å². The summed E-state index contributed by atoms with van der Waals surface area (Å²) in [6, 6.07) is 6.04. The maximum Gasteiger partial charge on any atom is 0.412 e. The normalized spacial score (nSPS) is 16.4. The number of carbonyl (C=O) groups excluding carboxylic acids is 1. The van der Waals surface area contributed by atoms with Crippen LogP contribution < -0.4 is 5.32 Å². The summed E-state index contributed by atoms with van der Waals surface area (Å²) in [6.07, 6.45) is 2.57. The van der Waals surface area contributed by atoms with Gasteiger partial charge in [-0.25, -0.2) is 4.79 Å². The predicted octanol–water partition coefficient (Wildman–Crippen LogP) is 3.66. The van der Waals surface area contributed by atoms with Crippen LogP contribution >= 0.6 is 0 Å². The third-order valence-electron chi connectivity index (χ3n) is 3.81. The zero-order valence-electron chi connectivity index (χ0n) is 13.3. The van der Waals surface area contributed by atoms with E-state index in [0.717, 1.165) is 36.1 Å². The van der Waals surface area contributed by atoms with Crippen LogP contribution in [0.1, 0.15) is 44.7 Å². The van der Waals surface area contributed by atoms with Gasteiger partial charge in [0.25, 0.3) is 0 Å². The van der Waals surface area contributed by atoms with E-state index in [1.807, 2.05) is 39.8 Å². The van der Waals surface area contributed by atoms with E-state index in [1.54, 1.807) is 0 Å². The molecule has 0 saturated heterocycles. The number of hydrogen-bond acceptors (Lipinski definition) is 3. The van der Waals surface area contributed by atoms with E-state index in [2.05, 4.69) is 11.4 Å². The van der Waals surface area contributed by atoms with Crippen molar-refractivity contribution in [2.45, 2.75) is 52.6 Å². The fourth-order valence-electron chi connectivity index (χ4n) is 2.33. The lowest BCUT2D eigenvalue weighted by Gasteiger charge is -2.20. The molecule has 0 atom stereocenters. The second kappa shape index (κ2) is 5.68. The van der Waals surface area contributed by atoms with Gasteiger partial charge in [0.05, 0.1) is 0 Å². The second-order valence-corrected chi connectivity index (χ2v) is 7.11. The Morgan fingerprint density at radius 2 is 2.05 bits per heavy atom. The molecule has 4 heteroatoms. The van der Waals surface area contributed by atoms with Gasteiger partial charge >= 0.3 is 6.09 Å². The van der Waals surface area contributed by atoms with Gasteiger partial charge in [-0.05, 0) is 69.6 Å². The van der Waals surface area contributed by atoms with E-state index in [9.17, 15) is 9.90 Å². The zero-order chi connectivity index (χ0) is 15.7. The number of nitrogens with one attached hydrogen (secondary N) is 1. The van der Waals surface area contributed by atoms with Crippen molar-refractivity contribution in [2.24, 2.45) is 5.41 Å². The van der Waals surface area contributed by atoms with Crippen LogP contribution in [0.4, 0.5) is 10.5 Å².